The average Bonchev–Trinajstić information content (AvgIpc) is 3.01. The Morgan fingerprint density at radius 2 is 1.84 bits per heavy atom. The van der Waals surface area contributed by atoms with Gasteiger partial charge in [0.05, 0.1) is 7.11 Å². The van der Waals surface area contributed by atoms with Crippen LogP contribution in [0.15, 0.2) is 48.8 Å². The van der Waals surface area contributed by atoms with Gasteiger partial charge in [0, 0.05) is 43.9 Å². The van der Waals surface area contributed by atoms with E-state index in [1.165, 1.54) is 4.90 Å². The van der Waals surface area contributed by atoms with Crippen LogP contribution in [0.1, 0.15) is 62.5 Å². The molecule has 1 saturated carbocycles. The van der Waals surface area contributed by atoms with Crippen LogP contribution in [0.3, 0.4) is 0 Å². The number of rotatable bonds is 14. The predicted molar refractivity (Wildman–Crippen MR) is 160 cm³/mol. The zero-order valence-corrected chi connectivity index (χ0v) is 25.5. The van der Waals surface area contributed by atoms with Gasteiger partial charge >= 0.3 is 12.1 Å². The van der Waals surface area contributed by atoms with Crippen molar-refractivity contribution in [3.63, 3.8) is 0 Å². The van der Waals surface area contributed by atoms with Crippen molar-refractivity contribution in [1.82, 2.24) is 20.5 Å². The molecule has 1 fully saturated rings. The standard InChI is InChI=1S/C31H41ClN4O7/c1-36(18-14-22-12-16-33-17-13-22)27(37)11-15-31(41,29(39)42-2)35-28(38)26(20-23-7-4-3-5-8-23)34-30(40)43-21-24-9-6-10-25(32)19-24/h6,9-10,12-13,16-17,19,23,26,41H,3-5,7-8,11,14-15,18,20-21H2,1-2H3,(H,34,40)(H,35,38)/t26-,31?/m0/s1. The van der Waals surface area contributed by atoms with Crippen molar-refractivity contribution in [3.8, 4) is 0 Å². The van der Waals surface area contributed by atoms with Crippen molar-refractivity contribution < 1.29 is 33.8 Å². The highest BCUT2D eigenvalue weighted by atomic mass is 35.5. The maximum absolute atomic E-state index is 13.5. The number of aliphatic hydroxyl groups is 1. The molecule has 0 spiro atoms. The number of pyridine rings is 1. The normalized spacial score (nSPS) is 15.4. The van der Waals surface area contributed by atoms with Gasteiger partial charge in [0.25, 0.3) is 0 Å². The number of likely N-dealkylation sites (N-methyl/N-ethyl adjacent to an activating group) is 1. The summed E-state index contributed by atoms with van der Waals surface area (Å²) < 4.78 is 10.1. The Morgan fingerprint density at radius 1 is 1.12 bits per heavy atom. The summed E-state index contributed by atoms with van der Waals surface area (Å²) in [5, 5.41) is 16.7. The zero-order valence-electron chi connectivity index (χ0n) is 24.7. The third-order valence-electron chi connectivity index (χ3n) is 7.63. The van der Waals surface area contributed by atoms with Crippen molar-refractivity contribution in [1.29, 1.82) is 0 Å². The number of hydrogen-bond acceptors (Lipinski definition) is 8. The molecule has 1 unspecified atom stereocenters. The fraction of sp³-hybridized carbons (Fsp3) is 0.516. The van der Waals surface area contributed by atoms with Gasteiger partial charge in [0.2, 0.25) is 17.5 Å². The zero-order chi connectivity index (χ0) is 31.2. The number of hydrogen-bond donors (Lipinski definition) is 3. The van der Waals surface area contributed by atoms with Gasteiger partial charge in [-0.1, -0.05) is 55.8 Å². The second kappa shape index (κ2) is 16.8. The van der Waals surface area contributed by atoms with Crippen molar-refractivity contribution in [2.75, 3.05) is 20.7 Å². The number of ether oxygens (including phenoxy) is 2. The molecule has 1 aliphatic carbocycles. The van der Waals surface area contributed by atoms with Gasteiger partial charge in [-0.15, -0.1) is 0 Å². The van der Waals surface area contributed by atoms with Gasteiger partial charge < -0.3 is 30.1 Å². The first-order valence-corrected chi connectivity index (χ1v) is 14.9. The minimum absolute atomic E-state index is 0.0625. The van der Waals surface area contributed by atoms with Gasteiger partial charge in [0.1, 0.15) is 12.6 Å². The van der Waals surface area contributed by atoms with Gasteiger partial charge in [0.15, 0.2) is 0 Å². The van der Waals surface area contributed by atoms with Crippen molar-refractivity contribution in [3.05, 3.63) is 64.9 Å². The summed E-state index contributed by atoms with van der Waals surface area (Å²) in [7, 11) is 2.70. The molecule has 1 aliphatic rings. The minimum atomic E-state index is -2.48. The van der Waals surface area contributed by atoms with Gasteiger partial charge in [-0.3, -0.25) is 14.6 Å². The third kappa shape index (κ3) is 11.1. The molecule has 0 saturated heterocycles. The Hall–Kier alpha value is -3.70. The number of nitrogens with zero attached hydrogens (tertiary/aromatic N) is 2. The fourth-order valence-corrected chi connectivity index (χ4v) is 5.29. The lowest BCUT2D eigenvalue weighted by atomic mass is 9.84. The quantitative estimate of drug-likeness (QED) is 0.215. The summed E-state index contributed by atoms with van der Waals surface area (Å²) >= 11 is 6.00. The number of methoxy groups -OCH3 is 1. The van der Waals surface area contributed by atoms with Crippen LogP contribution in [-0.4, -0.2) is 71.3 Å². The van der Waals surface area contributed by atoms with Crippen LogP contribution in [0, 0.1) is 5.92 Å². The summed E-state index contributed by atoms with van der Waals surface area (Å²) in [6.07, 6.45) is 7.69. The average molecular weight is 617 g/mol. The summed E-state index contributed by atoms with van der Waals surface area (Å²) in [5.41, 5.74) is -0.799. The monoisotopic (exact) mass is 616 g/mol. The molecule has 12 heteroatoms. The summed E-state index contributed by atoms with van der Waals surface area (Å²) in [5.74, 6) is -2.06. The molecule has 3 N–H and O–H groups in total. The number of amides is 3. The Balaban J connectivity index is 1.64. The number of carbonyl (C=O) groups is 4. The fourth-order valence-electron chi connectivity index (χ4n) is 5.07. The summed E-state index contributed by atoms with van der Waals surface area (Å²) in [6.45, 7) is 0.351. The summed E-state index contributed by atoms with van der Waals surface area (Å²) in [4.78, 5) is 57.1. The van der Waals surface area contributed by atoms with E-state index in [1.807, 2.05) is 12.1 Å². The predicted octanol–water partition coefficient (Wildman–Crippen LogP) is 3.76. The number of benzene rings is 1. The molecule has 0 bridgehead atoms. The molecular formula is C31H41ClN4O7. The lowest BCUT2D eigenvalue weighted by molar-refractivity contribution is -0.171. The van der Waals surface area contributed by atoms with E-state index in [9.17, 15) is 24.3 Å². The first kappa shape index (κ1) is 33.8. The highest BCUT2D eigenvalue weighted by Crippen LogP contribution is 2.28. The van der Waals surface area contributed by atoms with E-state index in [0.717, 1.165) is 44.8 Å². The molecule has 234 valence electrons. The SMILES string of the molecule is COC(=O)C(O)(CCC(=O)N(C)CCc1ccncc1)NC(=O)[C@H](CC1CCCCC1)NC(=O)OCc1cccc(Cl)c1. The van der Waals surface area contributed by atoms with Crippen LogP contribution < -0.4 is 10.6 Å². The highest BCUT2D eigenvalue weighted by molar-refractivity contribution is 6.30. The van der Waals surface area contributed by atoms with Crippen molar-refractivity contribution in [2.24, 2.45) is 5.92 Å². The van der Waals surface area contributed by atoms with Gasteiger partial charge in [-0.25, -0.2) is 9.59 Å². The molecule has 3 amide bonds. The maximum Gasteiger partial charge on any atom is 0.408 e. The lowest BCUT2D eigenvalue weighted by Gasteiger charge is -2.31. The van der Waals surface area contributed by atoms with E-state index >= 15 is 0 Å². The summed E-state index contributed by atoms with van der Waals surface area (Å²) in [6, 6.07) is 9.46. The second-order valence-corrected chi connectivity index (χ2v) is 11.3. The Bertz CT molecular complexity index is 1230. The van der Waals surface area contributed by atoms with Crippen molar-refractivity contribution in [2.45, 2.75) is 76.2 Å². The Kier molecular flexibility index (Phi) is 13.2. The van der Waals surface area contributed by atoms with E-state index < -0.39 is 36.2 Å². The van der Waals surface area contributed by atoms with Crippen LogP contribution in [0.25, 0.3) is 0 Å². The van der Waals surface area contributed by atoms with E-state index in [1.54, 1.807) is 43.7 Å². The second-order valence-electron chi connectivity index (χ2n) is 10.9. The topological polar surface area (TPSA) is 147 Å². The van der Waals surface area contributed by atoms with Crippen molar-refractivity contribution >= 4 is 35.5 Å². The first-order chi connectivity index (χ1) is 20.6. The number of alkyl carbamates (subject to hydrolysis) is 1. The van der Waals surface area contributed by atoms with Gasteiger partial charge in [-0.05, 0) is 54.2 Å². The molecule has 1 aromatic carbocycles. The highest BCUT2D eigenvalue weighted by Gasteiger charge is 2.41. The molecular weight excluding hydrogens is 576 g/mol. The van der Waals surface area contributed by atoms with Crippen LogP contribution in [0.5, 0.6) is 0 Å². The Morgan fingerprint density at radius 3 is 2.51 bits per heavy atom. The Labute approximate surface area is 257 Å². The molecule has 1 aromatic heterocycles. The number of esters is 1. The molecule has 3 rings (SSSR count). The van der Waals surface area contributed by atoms with Gasteiger partial charge in [-0.2, -0.15) is 0 Å². The van der Waals surface area contributed by atoms with E-state index in [0.29, 0.717) is 30.0 Å². The third-order valence-corrected chi connectivity index (χ3v) is 7.86. The molecule has 43 heavy (non-hydrogen) atoms. The van der Waals surface area contributed by atoms with Crippen LogP contribution >= 0.6 is 11.6 Å². The number of nitrogens with one attached hydrogen (secondary N) is 2. The van der Waals surface area contributed by atoms with Crippen LogP contribution in [-0.2, 0) is 36.9 Å². The number of aromatic nitrogens is 1. The molecule has 11 nitrogen and oxygen atoms in total. The largest absolute Gasteiger partial charge is 0.465 e. The smallest absolute Gasteiger partial charge is 0.408 e. The molecule has 0 aliphatic heterocycles. The molecule has 2 aromatic rings. The van der Waals surface area contributed by atoms with E-state index in [2.05, 4.69) is 15.6 Å². The first-order valence-electron chi connectivity index (χ1n) is 14.5. The minimum Gasteiger partial charge on any atom is -0.465 e. The number of carbonyl (C=O) groups excluding carboxylic acids is 4. The maximum atomic E-state index is 13.5. The van der Waals surface area contributed by atoms with Crippen LogP contribution in [0.2, 0.25) is 5.02 Å². The number of halogens is 1. The molecule has 2 atom stereocenters. The molecule has 0 radical (unpaired) electrons. The van der Waals surface area contributed by atoms with Crippen LogP contribution in [0.4, 0.5) is 4.79 Å². The molecule has 1 heterocycles. The van der Waals surface area contributed by atoms with E-state index in [-0.39, 0.29) is 24.9 Å². The lowest BCUT2D eigenvalue weighted by Crippen LogP contribution is -2.60. The van der Waals surface area contributed by atoms with E-state index in [4.69, 9.17) is 21.1 Å².